The van der Waals surface area contributed by atoms with E-state index in [0.717, 1.165) is 11.0 Å². The van der Waals surface area contributed by atoms with E-state index in [4.69, 9.17) is 16.7 Å². The Kier molecular flexibility index (Phi) is 2.70. The first kappa shape index (κ1) is 10.8. The van der Waals surface area contributed by atoms with Crippen LogP contribution in [0.2, 0.25) is 5.02 Å². The number of nitrogens with zero attached hydrogens (tertiary/aromatic N) is 2. The fraction of sp³-hybridized carbons (Fsp3) is 0.200. The summed E-state index contributed by atoms with van der Waals surface area (Å²) >= 11 is 6.03. The largest absolute Gasteiger partial charge is 0.480 e. The van der Waals surface area contributed by atoms with E-state index in [1.54, 1.807) is 23.7 Å². The standard InChI is InChI=1S/C10H10ClN3O2/c1-14-9-6(11)3-2-4-7(9)13-10(14)12-5-8(15)16/h2-4H,5H2,1H3,(H,12,13)(H,15,16). The highest BCUT2D eigenvalue weighted by atomic mass is 35.5. The van der Waals surface area contributed by atoms with Crippen LogP contribution in [0.5, 0.6) is 0 Å². The number of hydrogen-bond acceptors (Lipinski definition) is 3. The van der Waals surface area contributed by atoms with Gasteiger partial charge in [0.1, 0.15) is 6.54 Å². The van der Waals surface area contributed by atoms with Gasteiger partial charge < -0.3 is 15.0 Å². The summed E-state index contributed by atoms with van der Waals surface area (Å²) in [4.78, 5) is 14.7. The molecule has 6 heteroatoms. The van der Waals surface area contributed by atoms with Crippen molar-refractivity contribution in [3.63, 3.8) is 0 Å². The molecular formula is C10H10ClN3O2. The second kappa shape index (κ2) is 4.02. The molecule has 0 saturated carbocycles. The van der Waals surface area contributed by atoms with E-state index in [0.29, 0.717) is 11.0 Å². The number of aromatic nitrogens is 2. The number of carboxylic acids is 1. The van der Waals surface area contributed by atoms with Gasteiger partial charge in [-0.05, 0) is 12.1 Å². The van der Waals surface area contributed by atoms with Crippen LogP contribution in [0.15, 0.2) is 18.2 Å². The van der Waals surface area contributed by atoms with E-state index in [1.807, 2.05) is 6.07 Å². The van der Waals surface area contributed by atoms with Crippen LogP contribution >= 0.6 is 11.6 Å². The number of hydrogen-bond donors (Lipinski definition) is 2. The molecule has 0 spiro atoms. The van der Waals surface area contributed by atoms with Gasteiger partial charge in [0.05, 0.1) is 16.1 Å². The molecule has 1 aromatic carbocycles. The van der Waals surface area contributed by atoms with Gasteiger partial charge in [-0.1, -0.05) is 17.7 Å². The molecule has 0 aliphatic rings. The van der Waals surface area contributed by atoms with Crippen LogP contribution in [-0.2, 0) is 11.8 Å². The van der Waals surface area contributed by atoms with Crippen molar-refractivity contribution in [1.82, 2.24) is 9.55 Å². The number of carbonyl (C=O) groups is 1. The monoisotopic (exact) mass is 239 g/mol. The number of para-hydroxylation sites is 1. The fourth-order valence-corrected chi connectivity index (χ4v) is 1.83. The molecule has 2 aromatic rings. The van der Waals surface area contributed by atoms with Crippen molar-refractivity contribution in [1.29, 1.82) is 0 Å². The molecule has 0 atom stereocenters. The van der Waals surface area contributed by atoms with Crippen LogP contribution in [0.1, 0.15) is 0 Å². The summed E-state index contributed by atoms with van der Waals surface area (Å²) in [5.41, 5.74) is 1.53. The van der Waals surface area contributed by atoms with Gasteiger partial charge in [-0.2, -0.15) is 0 Å². The molecule has 1 aromatic heterocycles. The van der Waals surface area contributed by atoms with Gasteiger partial charge in [0.25, 0.3) is 0 Å². The molecule has 0 unspecified atom stereocenters. The Balaban J connectivity index is 2.44. The summed E-state index contributed by atoms with van der Waals surface area (Å²) < 4.78 is 1.74. The first-order valence-electron chi connectivity index (χ1n) is 4.66. The van der Waals surface area contributed by atoms with E-state index in [9.17, 15) is 4.79 Å². The van der Waals surface area contributed by atoms with Crippen LogP contribution in [0.25, 0.3) is 11.0 Å². The minimum atomic E-state index is -0.932. The van der Waals surface area contributed by atoms with Gasteiger partial charge in [-0.25, -0.2) is 4.98 Å². The number of anilines is 1. The third-order valence-electron chi connectivity index (χ3n) is 2.24. The van der Waals surface area contributed by atoms with Gasteiger partial charge in [-0.3, -0.25) is 4.79 Å². The molecule has 16 heavy (non-hydrogen) atoms. The third kappa shape index (κ3) is 1.81. The van der Waals surface area contributed by atoms with Crippen molar-refractivity contribution >= 4 is 34.6 Å². The predicted molar refractivity (Wildman–Crippen MR) is 61.8 cm³/mol. The Morgan fingerprint density at radius 3 is 3.00 bits per heavy atom. The second-order valence-electron chi connectivity index (χ2n) is 3.35. The summed E-state index contributed by atoms with van der Waals surface area (Å²) in [7, 11) is 1.78. The van der Waals surface area contributed by atoms with E-state index in [-0.39, 0.29) is 6.54 Å². The van der Waals surface area contributed by atoms with Crippen molar-refractivity contribution in [2.24, 2.45) is 7.05 Å². The number of halogens is 1. The van der Waals surface area contributed by atoms with Gasteiger partial charge in [-0.15, -0.1) is 0 Å². The van der Waals surface area contributed by atoms with Gasteiger partial charge in [0, 0.05) is 7.05 Å². The zero-order chi connectivity index (χ0) is 11.7. The molecule has 2 rings (SSSR count). The molecule has 5 nitrogen and oxygen atoms in total. The molecule has 0 aliphatic carbocycles. The number of aliphatic carboxylic acids is 1. The van der Waals surface area contributed by atoms with Crippen molar-refractivity contribution < 1.29 is 9.90 Å². The van der Waals surface area contributed by atoms with E-state index in [1.165, 1.54) is 0 Å². The van der Waals surface area contributed by atoms with Crippen LogP contribution in [0.3, 0.4) is 0 Å². The molecule has 0 aliphatic heterocycles. The summed E-state index contributed by atoms with van der Waals surface area (Å²) in [5.74, 6) is -0.441. The minimum absolute atomic E-state index is 0.172. The average Bonchev–Trinajstić information content (AvgIpc) is 2.54. The summed E-state index contributed by atoms with van der Waals surface area (Å²) in [6, 6.07) is 5.40. The molecule has 2 N–H and O–H groups in total. The first-order chi connectivity index (χ1) is 7.59. The molecule has 0 radical (unpaired) electrons. The van der Waals surface area contributed by atoms with Gasteiger partial charge >= 0.3 is 5.97 Å². The molecule has 0 amide bonds. The molecule has 1 heterocycles. The van der Waals surface area contributed by atoms with Gasteiger partial charge in [0.2, 0.25) is 5.95 Å². The number of imidazole rings is 1. The highest BCUT2D eigenvalue weighted by Crippen LogP contribution is 2.25. The van der Waals surface area contributed by atoms with E-state index in [2.05, 4.69) is 10.3 Å². The molecule has 0 fully saturated rings. The van der Waals surface area contributed by atoms with Gasteiger partial charge in [0.15, 0.2) is 0 Å². The summed E-state index contributed by atoms with van der Waals surface area (Å²) in [5, 5.41) is 11.9. The highest BCUT2D eigenvalue weighted by Gasteiger charge is 2.10. The first-order valence-corrected chi connectivity index (χ1v) is 5.04. The minimum Gasteiger partial charge on any atom is -0.480 e. The average molecular weight is 240 g/mol. The Hall–Kier alpha value is -1.75. The highest BCUT2D eigenvalue weighted by molar-refractivity contribution is 6.35. The molecule has 0 bridgehead atoms. The topological polar surface area (TPSA) is 67.2 Å². The zero-order valence-corrected chi connectivity index (χ0v) is 9.32. The van der Waals surface area contributed by atoms with E-state index >= 15 is 0 Å². The predicted octanol–water partition coefficient (Wildman–Crippen LogP) is 1.72. The lowest BCUT2D eigenvalue weighted by atomic mass is 10.3. The van der Waals surface area contributed by atoms with E-state index < -0.39 is 5.97 Å². The summed E-state index contributed by atoms with van der Waals surface area (Å²) in [6.07, 6.45) is 0. The van der Waals surface area contributed by atoms with Crippen molar-refractivity contribution in [2.75, 3.05) is 11.9 Å². The zero-order valence-electron chi connectivity index (χ0n) is 8.57. The number of rotatable bonds is 3. The van der Waals surface area contributed by atoms with Crippen molar-refractivity contribution in [2.45, 2.75) is 0 Å². The number of fused-ring (bicyclic) bond motifs is 1. The fourth-order valence-electron chi connectivity index (χ4n) is 1.53. The lowest BCUT2D eigenvalue weighted by Crippen LogP contribution is -2.14. The summed E-state index contributed by atoms with van der Waals surface area (Å²) in [6.45, 7) is -0.172. The number of nitrogens with one attached hydrogen (secondary N) is 1. The van der Waals surface area contributed by atoms with Crippen LogP contribution in [0.4, 0.5) is 5.95 Å². The normalized spacial score (nSPS) is 10.6. The smallest absolute Gasteiger partial charge is 0.322 e. The Labute approximate surface area is 96.7 Å². The van der Waals surface area contributed by atoms with Crippen molar-refractivity contribution in [3.8, 4) is 0 Å². The van der Waals surface area contributed by atoms with Crippen LogP contribution < -0.4 is 5.32 Å². The number of aryl methyl sites for hydroxylation is 1. The molecule has 84 valence electrons. The Morgan fingerprint density at radius 1 is 1.62 bits per heavy atom. The van der Waals surface area contributed by atoms with Crippen LogP contribution in [-0.4, -0.2) is 27.2 Å². The second-order valence-corrected chi connectivity index (χ2v) is 3.76. The SMILES string of the molecule is Cn1c(NCC(=O)O)nc2cccc(Cl)c21. The maximum Gasteiger partial charge on any atom is 0.322 e. The molecular weight excluding hydrogens is 230 g/mol. The lowest BCUT2D eigenvalue weighted by molar-refractivity contribution is -0.134. The third-order valence-corrected chi connectivity index (χ3v) is 2.55. The van der Waals surface area contributed by atoms with Crippen molar-refractivity contribution in [3.05, 3.63) is 23.2 Å². The Morgan fingerprint density at radius 2 is 2.38 bits per heavy atom. The maximum atomic E-state index is 10.4. The Bertz CT molecular complexity index is 550. The number of carboxylic acid groups (broad SMARTS) is 1. The lowest BCUT2D eigenvalue weighted by Gasteiger charge is -2.03. The van der Waals surface area contributed by atoms with Crippen LogP contribution in [0, 0.1) is 0 Å². The quantitative estimate of drug-likeness (QED) is 0.856. The molecule has 0 saturated heterocycles. The maximum absolute atomic E-state index is 10.4. The number of benzene rings is 1.